The van der Waals surface area contributed by atoms with Crippen LogP contribution in [0.25, 0.3) is 0 Å². The number of nitrogens with zero attached hydrogens (tertiary/aromatic N) is 1. The minimum Gasteiger partial charge on any atom is -0.355 e. The standard InChI is InChI=1S/C20H26N4O3S.HI/c1-14-10-16(8-9-18(14)28(4,26)27)13-24-20(22-3)23-12-15-6-5-7-17(11-15)19(25)21-2;/h5-11H,12-13H2,1-4H3,(H,21,25)(H2,22,23,24);1H. The molecule has 0 saturated heterocycles. The zero-order valence-electron chi connectivity index (χ0n) is 16.9. The third-order valence-corrected chi connectivity index (χ3v) is 5.46. The lowest BCUT2D eigenvalue weighted by Gasteiger charge is -2.13. The van der Waals surface area contributed by atoms with Crippen molar-refractivity contribution in [2.75, 3.05) is 20.4 Å². The zero-order valence-corrected chi connectivity index (χ0v) is 20.1. The number of sulfone groups is 1. The molecular weight excluding hydrogens is 503 g/mol. The highest BCUT2D eigenvalue weighted by molar-refractivity contribution is 14.0. The highest BCUT2D eigenvalue weighted by Gasteiger charge is 2.11. The number of nitrogens with one attached hydrogen (secondary N) is 3. The number of rotatable bonds is 6. The van der Waals surface area contributed by atoms with Gasteiger partial charge in [0.25, 0.3) is 5.91 Å². The van der Waals surface area contributed by atoms with Gasteiger partial charge in [-0.25, -0.2) is 8.42 Å². The van der Waals surface area contributed by atoms with Crippen molar-refractivity contribution in [2.24, 2.45) is 4.99 Å². The maximum absolute atomic E-state index is 11.7. The minimum absolute atomic E-state index is 0. The van der Waals surface area contributed by atoms with Crippen molar-refractivity contribution in [1.29, 1.82) is 0 Å². The van der Waals surface area contributed by atoms with Gasteiger partial charge in [0.05, 0.1) is 4.90 Å². The first kappa shape index (κ1) is 24.9. The number of hydrogen-bond donors (Lipinski definition) is 3. The summed E-state index contributed by atoms with van der Waals surface area (Å²) in [6, 6.07) is 12.6. The number of hydrogen-bond acceptors (Lipinski definition) is 4. The molecule has 0 spiro atoms. The Labute approximate surface area is 189 Å². The molecule has 0 unspecified atom stereocenters. The molecule has 0 fully saturated rings. The van der Waals surface area contributed by atoms with Gasteiger partial charge in [0.1, 0.15) is 0 Å². The molecule has 1 amide bonds. The SMILES string of the molecule is CN=C(NCc1cccc(C(=O)NC)c1)NCc1ccc(S(C)(=O)=O)c(C)c1.I. The topological polar surface area (TPSA) is 99.7 Å². The van der Waals surface area contributed by atoms with Gasteiger partial charge in [-0.1, -0.05) is 24.3 Å². The molecule has 0 radical (unpaired) electrons. The average molecular weight is 530 g/mol. The van der Waals surface area contributed by atoms with Gasteiger partial charge in [0.2, 0.25) is 0 Å². The third kappa shape index (κ3) is 7.32. The number of aryl methyl sites for hydroxylation is 1. The van der Waals surface area contributed by atoms with E-state index in [4.69, 9.17) is 0 Å². The molecule has 7 nitrogen and oxygen atoms in total. The molecule has 0 aromatic heterocycles. The predicted molar refractivity (Wildman–Crippen MR) is 127 cm³/mol. The Morgan fingerprint density at radius 2 is 1.66 bits per heavy atom. The van der Waals surface area contributed by atoms with Gasteiger partial charge in [-0.2, -0.15) is 0 Å². The van der Waals surface area contributed by atoms with E-state index < -0.39 is 9.84 Å². The van der Waals surface area contributed by atoms with E-state index in [9.17, 15) is 13.2 Å². The van der Waals surface area contributed by atoms with Crippen LogP contribution in [0.1, 0.15) is 27.0 Å². The Balaban J connectivity index is 0.00000420. The number of aliphatic imine (C=N–C) groups is 1. The first-order valence-electron chi connectivity index (χ1n) is 8.79. The molecule has 2 aromatic rings. The van der Waals surface area contributed by atoms with Crippen LogP contribution in [0.3, 0.4) is 0 Å². The monoisotopic (exact) mass is 530 g/mol. The summed E-state index contributed by atoms with van der Waals surface area (Å²) in [4.78, 5) is 16.3. The molecule has 158 valence electrons. The van der Waals surface area contributed by atoms with Crippen molar-refractivity contribution in [2.45, 2.75) is 24.9 Å². The molecule has 0 bridgehead atoms. The quantitative estimate of drug-likeness (QED) is 0.302. The van der Waals surface area contributed by atoms with Crippen LogP contribution in [0.15, 0.2) is 52.4 Å². The van der Waals surface area contributed by atoms with Gasteiger partial charge < -0.3 is 16.0 Å². The Morgan fingerprint density at radius 1 is 1.03 bits per heavy atom. The number of guanidine groups is 1. The maximum atomic E-state index is 11.7. The Hall–Kier alpha value is -2.14. The summed E-state index contributed by atoms with van der Waals surface area (Å²) in [5.41, 5.74) is 3.23. The first-order chi connectivity index (χ1) is 13.2. The maximum Gasteiger partial charge on any atom is 0.251 e. The summed E-state index contributed by atoms with van der Waals surface area (Å²) < 4.78 is 23.4. The second kappa shape index (κ2) is 11.1. The van der Waals surface area contributed by atoms with E-state index in [1.54, 1.807) is 39.2 Å². The summed E-state index contributed by atoms with van der Waals surface area (Å²) in [5, 5.41) is 9.01. The van der Waals surface area contributed by atoms with Crippen molar-refractivity contribution in [3.8, 4) is 0 Å². The molecule has 2 aromatic carbocycles. The smallest absolute Gasteiger partial charge is 0.251 e. The van der Waals surface area contributed by atoms with E-state index in [-0.39, 0.29) is 29.9 Å². The number of carbonyl (C=O) groups excluding carboxylic acids is 1. The largest absolute Gasteiger partial charge is 0.355 e. The van der Waals surface area contributed by atoms with Crippen molar-refractivity contribution in [1.82, 2.24) is 16.0 Å². The van der Waals surface area contributed by atoms with Crippen LogP contribution < -0.4 is 16.0 Å². The van der Waals surface area contributed by atoms with E-state index in [0.29, 0.717) is 29.5 Å². The predicted octanol–water partition coefficient (Wildman–Crippen LogP) is 2.24. The minimum atomic E-state index is -3.22. The van der Waals surface area contributed by atoms with Crippen molar-refractivity contribution >= 4 is 45.7 Å². The summed E-state index contributed by atoms with van der Waals surface area (Å²) in [5.74, 6) is 0.479. The number of benzene rings is 2. The van der Waals surface area contributed by atoms with Gasteiger partial charge in [0, 0.05) is 39.0 Å². The van der Waals surface area contributed by atoms with Gasteiger partial charge >= 0.3 is 0 Å². The molecule has 3 N–H and O–H groups in total. The molecule has 2 rings (SSSR count). The number of carbonyl (C=O) groups is 1. The fourth-order valence-electron chi connectivity index (χ4n) is 2.80. The molecule has 0 aliphatic heterocycles. The number of amides is 1. The van der Waals surface area contributed by atoms with E-state index >= 15 is 0 Å². The van der Waals surface area contributed by atoms with E-state index in [1.165, 1.54) is 6.26 Å². The summed E-state index contributed by atoms with van der Waals surface area (Å²) >= 11 is 0. The van der Waals surface area contributed by atoms with Gasteiger partial charge in [0.15, 0.2) is 15.8 Å². The summed E-state index contributed by atoms with van der Waals surface area (Å²) in [7, 11) is 0.0532. The van der Waals surface area contributed by atoms with Crippen molar-refractivity contribution < 1.29 is 13.2 Å². The first-order valence-corrected chi connectivity index (χ1v) is 10.7. The van der Waals surface area contributed by atoms with Crippen LogP contribution in [0, 0.1) is 6.92 Å². The Kier molecular flexibility index (Phi) is 9.57. The highest BCUT2D eigenvalue weighted by Crippen LogP contribution is 2.16. The molecular formula is C20H27IN4O3S. The normalized spacial score (nSPS) is 11.4. The second-order valence-corrected chi connectivity index (χ2v) is 8.41. The zero-order chi connectivity index (χ0) is 20.7. The lowest BCUT2D eigenvalue weighted by Crippen LogP contribution is -2.36. The number of halogens is 1. The van der Waals surface area contributed by atoms with Crippen LogP contribution in [-0.4, -0.2) is 40.6 Å². The van der Waals surface area contributed by atoms with Crippen molar-refractivity contribution in [3.05, 3.63) is 64.7 Å². The van der Waals surface area contributed by atoms with Gasteiger partial charge in [-0.3, -0.25) is 9.79 Å². The third-order valence-electron chi connectivity index (χ3n) is 4.20. The van der Waals surface area contributed by atoms with Gasteiger partial charge in [-0.15, -0.1) is 24.0 Å². The van der Waals surface area contributed by atoms with Crippen LogP contribution in [0.4, 0.5) is 0 Å². The van der Waals surface area contributed by atoms with Crippen LogP contribution in [0.2, 0.25) is 0 Å². The summed E-state index contributed by atoms with van der Waals surface area (Å²) in [6.45, 7) is 2.80. The van der Waals surface area contributed by atoms with Crippen LogP contribution in [-0.2, 0) is 22.9 Å². The molecule has 0 atom stereocenters. The lowest BCUT2D eigenvalue weighted by atomic mass is 10.1. The molecule has 0 aliphatic carbocycles. The summed E-state index contributed by atoms with van der Waals surface area (Å²) in [6.07, 6.45) is 1.21. The van der Waals surface area contributed by atoms with E-state index in [0.717, 1.165) is 16.7 Å². The molecule has 9 heteroatoms. The lowest BCUT2D eigenvalue weighted by molar-refractivity contribution is 0.0963. The molecule has 0 saturated carbocycles. The van der Waals surface area contributed by atoms with Crippen LogP contribution in [0.5, 0.6) is 0 Å². The van der Waals surface area contributed by atoms with Crippen molar-refractivity contribution in [3.63, 3.8) is 0 Å². The van der Waals surface area contributed by atoms with E-state index in [2.05, 4.69) is 20.9 Å². The molecule has 0 aliphatic rings. The molecule has 0 heterocycles. The average Bonchev–Trinajstić information content (AvgIpc) is 2.66. The fraction of sp³-hybridized carbons (Fsp3) is 0.300. The van der Waals surface area contributed by atoms with Gasteiger partial charge in [-0.05, 0) is 41.8 Å². The Morgan fingerprint density at radius 3 is 2.17 bits per heavy atom. The van der Waals surface area contributed by atoms with Crippen LogP contribution >= 0.6 is 24.0 Å². The Bertz CT molecular complexity index is 991. The fourth-order valence-corrected chi connectivity index (χ4v) is 3.76. The molecule has 29 heavy (non-hydrogen) atoms. The van der Waals surface area contributed by atoms with E-state index in [1.807, 2.05) is 24.3 Å². The highest BCUT2D eigenvalue weighted by atomic mass is 127. The second-order valence-electron chi connectivity index (χ2n) is 6.43.